The number of carbonyl (C=O) groups excluding carboxylic acids is 3. The SMILES string of the molecule is COC(=O)c1ccc(C(=O)O)cc1Nc1ccccc1CN1C(=O)N(c2ccc(N)c(C(F)(F)F)c2)C(=O)C1(C)C. The van der Waals surface area contributed by atoms with E-state index < -0.39 is 46.8 Å². The number of carbonyl (C=O) groups is 4. The number of rotatable bonds is 7. The van der Waals surface area contributed by atoms with Crippen molar-refractivity contribution in [3.05, 3.63) is 82.9 Å². The summed E-state index contributed by atoms with van der Waals surface area (Å²) in [6, 6.07) is 12.3. The van der Waals surface area contributed by atoms with Gasteiger partial charge in [-0.05, 0) is 61.9 Å². The summed E-state index contributed by atoms with van der Waals surface area (Å²) in [6.07, 6.45) is -4.80. The summed E-state index contributed by atoms with van der Waals surface area (Å²) in [5.41, 5.74) is 2.94. The van der Waals surface area contributed by atoms with Gasteiger partial charge in [-0.15, -0.1) is 0 Å². The van der Waals surface area contributed by atoms with E-state index in [1.54, 1.807) is 24.3 Å². The number of nitrogens with one attached hydrogen (secondary N) is 1. The van der Waals surface area contributed by atoms with Crippen molar-refractivity contribution in [2.24, 2.45) is 0 Å². The predicted molar refractivity (Wildman–Crippen MR) is 143 cm³/mol. The van der Waals surface area contributed by atoms with Crippen LogP contribution >= 0.6 is 0 Å². The molecule has 3 amide bonds. The van der Waals surface area contributed by atoms with Crippen LogP contribution in [-0.4, -0.2) is 46.5 Å². The minimum Gasteiger partial charge on any atom is -0.478 e. The molecule has 41 heavy (non-hydrogen) atoms. The maximum atomic E-state index is 13.5. The van der Waals surface area contributed by atoms with E-state index in [4.69, 9.17) is 10.5 Å². The Morgan fingerprint density at radius 1 is 1.02 bits per heavy atom. The third-order valence-corrected chi connectivity index (χ3v) is 6.71. The van der Waals surface area contributed by atoms with E-state index in [1.807, 2.05) is 0 Å². The summed E-state index contributed by atoms with van der Waals surface area (Å²) >= 11 is 0. The molecular formula is C28H25F3N4O6. The number of methoxy groups -OCH3 is 1. The van der Waals surface area contributed by atoms with Gasteiger partial charge in [0, 0.05) is 11.4 Å². The molecule has 0 spiro atoms. The number of nitrogens with zero attached hydrogens (tertiary/aromatic N) is 2. The Morgan fingerprint density at radius 2 is 1.71 bits per heavy atom. The van der Waals surface area contributed by atoms with Crippen LogP contribution in [0.2, 0.25) is 0 Å². The van der Waals surface area contributed by atoms with Crippen LogP contribution in [0.4, 0.5) is 40.7 Å². The number of carboxylic acids is 1. The number of carboxylic acid groups (broad SMARTS) is 1. The van der Waals surface area contributed by atoms with Crippen LogP contribution in [-0.2, 0) is 22.3 Å². The van der Waals surface area contributed by atoms with Crippen molar-refractivity contribution < 1.29 is 42.2 Å². The third-order valence-electron chi connectivity index (χ3n) is 6.71. The molecule has 3 aromatic rings. The molecular weight excluding hydrogens is 545 g/mol. The van der Waals surface area contributed by atoms with Crippen LogP contribution < -0.4 is 16.0 Å². The Kier molecular flexibility index (Phi) is 7.40. The molecule has 3 aromatic carbocycles. The fourth-order valence-electron chi connectivity index (χ4n) is 4.42. The van der Waals surface area contributed by atoms with Gasteiger partial charge >= 0.3 is 24.1 Å². The average molecular weight is 571 g/mol. The smallest absolute Gasteiger partial charge is 0.418 e. The van der Waals surface area contributed by atoms with Crippen LogP contribution in [0.15, 0.2) is 60.7 Å². The van der Waals surface area contributed by atoms with Gasteiger partial charge in [0.05, 0.1) is 41.7 Å². The largest absolute Gasteiger partial charge is 0.478 e. The molecule has 1 fully saturated rings. The first-order valence-corrected chi connectivity index (χ1v) is 12.1. The second kappa shape index (κ2) is 10.5. The zero-order chi connectivity index (χ0) is 30.3. The lowest BCUT2D eigenvalue weighted by Gasteiger charge is -2.28. The summed E-state index contributed by atoms with van der Waals surface area (Å²) in [5, 5.41) is 12.4. The molecule has 0 aliphatic carbocycles. The van der Waals surface area contributed by atoms with Crippen LogP contribution in [0.25, 0.3) is 0 Å². The number of hydrogen-bond donors (Lipinski definition) is 3. The van der Waals surface area contributed by atoms with Crippen molar-refractivity contribution in [2.75, 3.05) is 23.1 Å². The number of halogens is 3. The lowest BCUT2D eigenvalue weighted by Crippen LogP contribution is -2.43. The Hall–Kier alpha value is -5.07. The Morgan fingerprint density at radius 3 is 2.34 bits per heavy atom. The molecule has 4 N–H and O–H groups in total. The summed E-state index contributed by atoms with van der Waals surface area (Å²) < 4.78 is 45.2. The molecule has 1 heterocycles. The Bertz CT molecular complexity index is 1570. The second-order valence-corrected chi connectivity index (χ2v) is 9.68. The first-order chi connectivity index (χ1) is 19.2. The van der Waals surface area contributed by atoms with E-state index in [2.05, 4.69) is 5.32 Å². The van der Waals surface area contributed by atoms with Crippen molar-refractivity contribution in [1.29, 1.82) is 0 Å². The molecule has 4 rings (SSSR count). The molecule has 13 heteroatoms. The monoisotopic (exact) mass is 570 g/mol. The number of imide groups is 1. The number of amides is 3. The Labute approximate surface area is 232 Å². The summed E-state index contributed by atoms with van der Waals surface area (Å²) in [7, 11) is 1.17. The number of ether oxygens (including phenoxy) is 1. The van der Waals surface area contributed by atoms with Crippen LogP contribution in [0.3, 0.4) is 0 Å². The van der Waals surface area contributed by atoms with Crippen molar-refractivity contribution in [3.63, 3.8) is 0 Å². The van der Waals surface area contributed by atoms with Crippen LogP contribution in [0.1, 0.15) is 45.7 Å². The molecule has 1 saturated heterocycles. The lowest BCUT2D eigenvalue weighted by molar-refractivity contribution is -0.137. The van der Waals surface area contributed by atoms with Gasteiger partial charge in [0.25, 0.3) is 5.91 Å². The molecule has 0 bridgehead atoms. The molecule has 10 nitrogen and oxygen atoms in total. The number of benzene rings is 3. The molecule has 0 unspecified atom stereocenters. The topological polar surface area (TPSA) is 142 Å². The molecule has 0 aromatic heterocycles. The molecule has 1 aliphatic rings. The highest BCUT2D eigenvalue weighted by Crippen LogP contribution is 2.39. The Balaban J connectivity index is 1.71. The van der Waals surface area contributed by atoms with Crippen molar-refractivity contribution in [1.82, 2.24) is 4.90 Å². The minimum atomic E-state index is -4.80. The number of nitrogen functional groups attached to an aromatic ring is 1. The molecule has 214 valence electrons. The van der Waals surface area contributed by atoms with Gasteiger partial charge in [-0.1, -0.05) is 18.2 Å². The number of esters is 1. The van der Waals surface area contributed by atoms with Crippen LogP contribution in [0, 0.1) is 0 Å². The van der Waals surface area contributed by atoms with Crippen molar-refractivity contribution in [2.45, 2.75) is 32.1 Å². The van der Waals surface area contributed by atoms with Crippen LogP contribution in [0.5, 0.6) is 0 Å². The van der Waals surface area contributed by atoms with Crippen molar-refractivity contribution >= 4 is 46.6 Å². The van der Waals surface area contributed by atoms with Gasteiger partial charge in [0.1, 0.15) is 5.54 Å². The quantitative estimate of drug-likeness (QED) is 0.198. The number of para-hydroxylation sites is 1. The molecule has 0 radical (unpaired) electrons. The first-order valence-electron chi connectivity index (χ1n) is 12.1. The number of alkyl halides is 3. The average Bonchev–Trinajstić information content (AvgIpc) is 3.08. The van der Waals surface area contributed by atoms with Gasteiger partial charge in [0.15, 0.2) is 0 Å². The van der Waals surface area contributed by atoms with E-state index in [9.17, 15) is 37.5 Å². The number of nitrogens with two attached hydrogens (primary N) is 1. The van der Waals surface area contributed by atoms with Gasteiger partial charge < -0.3 is 25.8 Å². The van der Waals surface area contributed by atoms with Crippen molar-refractivity contribution in [3.8, 4) is 0 Å². The maximum Gasteiger partial charge on any atom is 0.418 e. The fourth-order valence-corrected chi connectivity index (χ4v) is 4.42. The number of aromatic carboxylic acids is 1. The third kappa shape index (κ3) is 5.38. The predicted octanol–water partition coefficient (Wildman–Crippen LogP) is 5.26. The van der Waals surface area contributed by atoms with E-state index in [0.717, 1.165) is 6.07 Å². The van der Waals surface area contributed by atoms with Gasteiger partial charge in [-0.25, -0.2) is 19.3 Å². The van der Waals surface area contributed by atoms with Gasteiger partial charge in [-0.2, -0.15) is 13.2 Å². The highest BCUT2D eigenvalue weighted by molar-refractivity contribution is 6.23. The molecule has 0 atom stereocenters. The highest BCUT2D eigenvalue weighted by Gasteiger charge is 2.52. The summed E-state index contributed by atoms with van der Waals surface area (Å²) in [4.78, 5) is 52.6. The zero-order valence-electron chi connectivity index (χ0n) is 22.1. The molecule has 1 aliphatic heterocycles. The maximum absolute atomic E-state index is 13.5. The zero-order valence-corrected chi connectivity index (χ0v) is 22.1. The first kappa shape index (κ1) is 28.9. The molecule has 0 saturated carbocycles. The van der Waals surface area contributed by atoms with Gasteiger partial charge in [-0.3, -0.25) is 4.79 Å². The lowest BCUT2D eigenvalue weighted by atomic mass is 10.0. The summed E-state index contributed by atoms with van der Waals surface area (Å²) in [5.74, 6) is -2.69. The van der Waals surface area contributed by atoms with E-state index >= 15 is 0 Å². The minimum absolute atomic E-state index is 0.0510. The van der Waals surface area contributed by atoms with E-state index in [0.29, 0.717) is 22.2 Å². The highest BCUT2D eigenvalue weighted by atomic mass is 19.4. The number of hydrogen-bond acceptors (Lipinski definition) is 7. The van der Waals surface area contributed by atoms with E-state index in [-0.39, 0.29) is 29.0 Å². The number of urea groups is 1. The summed E-state index contributed by atoms with van der Waals surface area (Å²) in [6.45, 7) is 2.78. The van der Waals surface area contributed by atoms with E-state index in [1.165, 1.54) is 50.1 Å². The normalized spacial score (nSPS) is 14.8. The number of anilines is 4. The fraction of sp³-hybridized carbons (Fsp3) is 0.214. The second-order valence-electron chi connectivity index (χ2n) is 9.68. The standard InChI is InChI=1S/C28H25F3N4O6/c1-27(2)25(39)35(17-9-11-20(32)19(13-17)28(29,30)31)26(40)34(27)14-16-6-4-5-7-21(16)33-22-12-15(23(36)37)8-10-18(22)24(38)41-3/h4-13,33H,14,32H2,1-3H3,(H,36,37). The van der Waals surface area contributed by atoms with Gasteiger partial charge in [0.2, 0.25) is 0 Å².